The standard InChI is InChI=1S/C12H18N2S/c1-10-14-12(9-15-10)8-13-7-11-5-3-2-4-6-11/h2-3,9,11,13H,4-8H2,1H3. The topological polar surface area (TPSA) is 24.9 Å². The lowest BCUT2D eigenvalue weighted by Crippen LogP contribution is -2.23. The summed E-state index contributed by atoms with van der Waals surface area (Å²) in [5, 5.41) is 6.80. The van der Waals surface area contributed by atoms with Crippen molar-refractivity contribution >= 4 is 11.3 Å². The molecule has 1 unspecified atom stereocenters. The molecular formula is C12H18N2S. The van der Waals surface area contributed by atoms with E-state index in [9.17, 15) is 0 Å². The van der Waals surface area contributed by atoms with Gasteiger partial charge in [-0.15, -0.1) is 11.3 Å². The molecule has 2 rings (SSSR count). The molecule has 1 aliphatic carbocycles. The molecule has 0 spiro atoms. The molecule has 82 valence electrons. The molecule has 3 heteroatoms. The van der Waals surface area contributed by atoms with Crippen molar-refractivity contribution in [2.45, 2.75) is 32.7 Å². The number of thiazole rings is 1. The van der Waals surface area contributed by atoms with E-state index in [1.54, 1.807) is 11.3 Å². The maximum atomic E-state index is 4.44. The van der Waals surface area contributed by atoms with Crippen molar-refractivity contribution < 1.29 is 0 Å². The fourth-order valence-corrected chi connectivity index (χ4v) is 2.55. The molecule has 0 aromatic carbocycles. The molecule has 0 saturated heterocycles. The van der Waals surface area contributed by atoms with Gasteiger partial charge in [0.05, 0.1) is 10.7 Å². The van der Waals surface area contributed by atoms with Crippen molar-refractivity contribution in [1.29, 1.82) is 0 Å². The smallest absolute Gasteiger partial charge is 0.0897 e. The summed E-state index contributed by atoms with van der Waals surface area (Å²) < 4.78 is 0. The van der Waals surface area contributed by atoms with Gasteiger partial charge in [-0.1, -0.05) is 12.2 Å². The van der Waals surface area contributed by atoms with Gasteiger partial charge >= 0.3 is 0 Å². The molecule has 0 fully saturated rings. The summed E-state index contributed by atoms with van der Waals surface area (Å²) in [5.41, 5.74) is 1.18. The maximum Gasteiger partial charge on any atom is 0.0897 e. The summed E-state index contributed by atoms with van der Waals surface area (Å²) in [5.74, 6) is 0.828. The first kappa shape index (κ1) is 10.8. The van der Waals surface area contributed by atoms with Crippen LogP contribution in [0, 0.1) is 12.8 Å². The van der Waals surface area contributed by atoms with Crippen LogP contribution in [0.2, 0.25) is 0 Å². The van der Waals surface area contributed by atoms with Crippen LogP contribution in [0.25, 0.3) is 0 Å². The predicted octanol–water partition coefficient (Wildman–Crippen LogP) is 2.90. The second-order valence-electron chi connectivity index (χ2n) is 4.14. The zero-order chi connectivity index (χ0) is 10.5. The number of aromatic nitrogens is 1. The van der Waals surface area contributed by atoms with Gasteiger partial charge in [-0.05, 0) is 38.6 Å². The summed E-state index contributed by atoms with van der Waals surface area (Å²) >= 11 is 1.73. The van der Waals surface area contributed by atoms with Gasteiger partial charge in [0.2, 0.25) is 0 Å². The third kappa shape index (κ3) is 3.43. The second-order valence-corrected chi connectivity index (χ2v) is 5.20. The van der Waals surface area contributed by atoms with Gasteiger partial charge in [-0.25, -0.2) is 4.98 Å². The largest absolute Gasteiger partial charge is 0.311 e. The van der Waals surface area contributed by atoms with Gasteiger partial charge in [0.15, 0.2) is 0 Å². The molecular weight excluding hydrogens is 204 g/mol. The third-order valence-corrected chi connectivity index (χ3v) is 3.61. The van der Waals surface area contributed by atoms with E-state index in [4.69, 9.17) is 0 Å². The van der Waals surface area contributed by atoms with Crippen LogP contribution in [0.4, 0.5) is 0 Å². The lowest BCUT2D eigenvalue weighted by molar-refractivity contribution is 0.439. The summed E-state index contributed by atoms with van der Waals surface area (Å²) in [6.45, 7) is 4.10. The minimum atomic E-state index is 0.828. The summed E-state index contributed by atoms with van der Waals surface area (Å²) in [6.07, 6.45) is 8.42. The second kappa shape index (κ2) is 5.42. The fourth-order valence-electron chi connectivity index (χ4n) is 1.94. The Kier molecular flexibility index (Phi) is 3.92. The molecule has 0 bridgehead atoms. The lowest BCUT2D eigenvalue weighted by atomic mass is 9.94. The van der Waals surface area contributed by atoms with Crippen LogP contribution in [0.3, 0.4) is 0 Å². The van der Waals surface area contributed by atoms with E-state index in [0.717, 1.165) is 24.0 Å². The Balaban J connectivity index is 1.68. The molecule has 1 aromatic rings. The van der Waals surface area contributed by atoms with Crippen molar-refractivity contribution in [3.05, 3.63) is 28.2 Å². The molecule has 1 heterocycles. The van der Waals surface area contributed by atoms with E-state index < -0.39 is 0 Å². The molecule has 1 aromatic heterocycles. The Morgan fingerprint density at radius 1 is 1.53 bits per heavy atom. The van der Waals surface area contributed by atoms with Crippen molar-refractivity contribution in [1.82, 2.24) is 10.3 Å². The van der Waals surface area contributed by atoms with E-state index in [0.29, 0.717) is 0 Å². The highest BCUT2D eigenvalue weighted by Gasteiger charge is 2.09. The summed E-state index contributed by atoms with van der Waals surface area (Å²) in [6, 6.07) is 0. The van der Waals surface area contributed by atoms with Gasteiger partial charge < -0.3 is 5.32 Å². The predicted molar refractivity (Wildman–Crippen MR) is 65.0 cm³/mol. The summed E-state index contributed by atoms with van der Waals surface area (Å²) in [7, 11) is 0. The molecule has 15 heavy (non-hydrogen) atoms. The molecule has 2 nitrogen and oxygen atoms in total. The van der Waals surface area contributed by atoms with E-state index in [1.165, 1.54) is 25.0 Å². The highest BCUT2D eigenvalue weighted by molar-refractivity contribution is 7.09. The van der Waals surface area contributed by atoms with Crippen molar-refractivity contribution in [3.63, 3.8) is 0 Å². The van der Waals surface area contributed by atoms with Gasteiger partial charge in [-0.2, -0.15) is 0 Å². The van der Waals surface area contributed by atoms with Crippen LogP contribution in [-0.2, 0) is 6.54 Å². The minimum Gasteiger partial charge on any atom is -0.311 e. The van der Waals surface area contributed by atoms with Crippen LogP contribution < -0.4 is 5.32 Å². The van der Waals surface area contributed by atoms with Crippen LogP contribution in [-0.4, -0.2) is 11.5 Å². The number of nitrogens with one attached hydrogen (secondary N) is 1. The van der Waals surface area contributed by atoms with Gasteiger partial charge in [0.1, 0.15) is 0 Å². The molecule has 0 radical (unpaired) electrons. The number of allylic oxidation sites excluding steroid dienone is 2. The van der Waals surface area contributed by atoms with Crippen LogP contribution in [0.5, 0.6) is 0 Å². The first-order chi connectivity index (χ1) is 7.34. The van der Waals surface area contributed by atoms with Gasteiger partial charge in [0, 0.05) is 11.9 Å². The van der Waals surface area contributed by atoms with E-state index in [-0.39, 0.29) is 0 Å². The molecule has 0 amide bonds. The van der Waals surface area contributed by atoms with Gasteiger partial charge in [-0.3, -0.25) is 0 Å². The first-order valence-corrected chi connectivity index (χ1v) is 6.49. The SMILES string of the molecule is Cc1nc(CNCC2CC=CCC2)cs1. The number of rotatable bonds is 4. The van der Waals surface area contributed by atoms with Crippen molar-refractivity contribution in [3.8, 4) is 0 Å². The van der Waals surface area contributed by atoms with Gasteiger partial charge in [0.25, 0.3) is 0 Å². The van der Waals surface area contributed by atoms with E-state index >= 15 is 0 Å². The highest BCUT2D eigenvalue weighted by Crippen LogP contribution is 2.17. The number of hydrogen-bond acceptors (Lipinski definition) is 3. The van der Waals surface area contributed by atoms with Crippen LogP contribution in [0.15, 0.2) is 17.5 Å². The molecule has 1 atom stereocenters. The zero-order valence-corrected chi connectivity index (χ0v) is 10.0. The van der Waals surface area contributed by atoms with Crippen molar-refractivity contribution in [2.24, 2.45) is 5.92 Å². The normalized spacial score (nSPS) is 20.7. The number of nitrogens with zero attached hydrogens (tertiary/aromatic N) is 1. The fraction of sp³-hybridized carbons (Fsp3) is 0.583. The Morgan fingerprint density at radius 3 is 3.13 bits per heavy atom. The monoisotopic (exact) mass is 222 g/mol. The highest BCUT2D eigenvalue weighted by atomic mass is 32.1. The van der Waals surface area contributed by atoms with E-state index in [2.05, 4.69) is 34.8 Å². The zero-order valence-electron chi connectivity index (χ0n) is 9.20. The Hall–Kier alpha value is -0.670. The first-order valence-electron chi connectivity index (χ1n) is 5.61. The van der Waals surface area contributed by atoms with Crippen LogP contribution in [0.1, 0.15) is 30.0 Å². The van der Waals surface area contributed by atoms with Crippen molar-refractivity contribution in [2.75, 3.05) is 6.54 Å². The van der Waals surface area contributed by atoms with Crippen LogP contribution >= 0.6 is 11.3 Å². The average molecular weight is 222 g/mol. The molecule has 1 aliphatic rings. The number of aryl methyl sites for hydroxylation is 1. The Bertz CT molecular complexity index is 330. The quantitative estimate of drug-likeness (QED) is 0.792. The number of hydrogen-bond donors (Lipinski definition) is 1. The third-order valence-electron chi connectivity index (χ3n) is 2.78. The van der Waals surface area contributed by atoms with E-state index in [1.807, 2.05) is 0 Å². The molecule has 0 aliphatic heterocycles. The lowest BCUT2D eigenvalue weighted by Gasteiger charge is -2.17. The average Bonchev–Trinajstić information content (AvgIpc) is 2.66. The molecule has 0 saturated carbocycles. The maximum absolute atomic E-state index is 4.44. The molecule has 1 N–H and O–H groups in total. The Morgan fingerprint density at radius 2 is 2.47 bits per heavy atom. The minimum absolute atomic E-state index is 0.828. The Labute approximate surface area is 95.4 Å². The summed E-state index contributed by atoms with van der Waals surface area (Å²) in [4.78, 5) is 4.44.